The monoisotopic (exact) mass is 178 g/mol. The molecular formula is C7H15ClN2O. The molecule has 2 aliphatic heterocycles. The Bertz CT molecular complexity index is 113. The lowest BCUT2D eigenvalue weighted by Gasteiger charge is -2.39. The van der Waals surface area contributed by atoms with Crippen molar-refractivity contribution in [3.8, 4) is 0 Å². The smallest absolute Gasteiger partial charge is 0.0645 e. The number of rotatable bonds is 1. The molecule has 0 unspecified atom stereocenters. The fourth-order valence-corrected chi connectivity index (χ4v) is 1.48. The number of ether oxygens (including phenoxy) is 1. The summed E-state index contributed by atoms with van der Waals surface area (Å²) in [6.07, 6.45) is 0. The van der Waals surface area contributed by atoms with E-state index in [0.717, 1.165) is 32.3 Å². The minimum absolute atomic E-state index is 0. The first kappa shape index (κ1) is 9.26. The van der Waals surface area contributed by atoms with Gasteiger partial charge in [-0.1, -0.05) is 0 Å². The zero-order valence-corrected chi connectivity index (χ0v) is 7.40. The molecule has 66 valence electrons. The van der Waals surface area contributed by atoms with Crippen LogP contribution in [0.25, 0.3) is 0 Å². The summed E-state index contributed by atoms with van der Waals surface area (Å²) >= 11 is 0. The van der Waals surface area contributed by atoms with Crippen molar-refractivity contribution >= 4 is 12.4 Å². The summed E-state index contributed by atoms with van der Waals surface area (Å²) in [5, 5.41) is 3.34. The zero-order valence-electron chi connectivity index (χ0n) is 6.58. The van der Waals surface area contributed by atoms with Gasteiger partial charge in [0.25, 0.3) is 0 Å². The molecule has 0 radical (unpaired) electrons. The van der Waals surface area contributed by atoms with Crippen molar-refractivity contribution in [3.63, 3.8) is 0 Å². The summed E-state index contributed by atoms with van der Waals surface area (Å²) in [4.78, 5) is 2.51. The highest BCUT2D eigenvalue weighted by atomic mass is 35.5. The van der Waals surface area contributed by atoms with Gasteiger partial charge >= 0.3 is 0 Å². The molecule has 0 aliphatic carbocycles. The van der Waals surface area contributed by atoms with Gasteiger partial charge in [-0.05, 0) is 0 Å². The van der Waals surface area contributed by atoms with Crippen LogP contribution in [-0.4, -0.2) is 50.3 Å². The van der Waals surface area contributed by atoms with Gasteiger partial charge in [0.1, 0.15) is 0 Å². The lowest BCUT2D eigenvalue weighted by molar-refractivity contribution is -0.0677. The van der Waals surface area contributed by atoms with Crippen LogP contribution in [0, 0.1) is 0 Å². The van der Waals surface area contributed by atoms with Crippen molar-refractivity contribution in [3.05, 3.63) is 0 Å². The quantitative estimate of drug-likeness (QED) is 0.598. The molecule has 0 aromatic rings. The standard InChI is InChI=1S/C7H14N2O.ClH/c1-3-9(4-2-8-1)7-5-10-6-7;/h7-8H,1-6H2;1H. The number of piperazine rings is 1. The average molecular weight is 179 g/mol. The molecule has 1 N–H and O–H groups in total. The van der Waals surface area contributed by atoms with E-state index < -0.39 is 0 Å². The first-order chi connectivity index (χ1) is 4.97. The van der Waals surface area contributed by atoms with Crippen molar-refractivity contribution < 1.29 is 4.74 Å². The van der Waals surface area contributed by atoms with Crippen LogP contribution in [0.1, 0.15) is 0 Å². The highest BCUT2D eigenvalue weighted by Crippen LogP contribution is 2.09. The molecule has 0 aromatic carbocycles. The van der Waals surface area contributed by atoms with Gasteiger partial charge < -0.3 is 10.1 Å². The van der Waals surface area contributed by atoms with Gasteiger partial charge in [0.05, 0.1) is 19.3 Å². The molecule has 11 heavy (non-hydrogen) atoms. The van der Waals surface area contributed by atoms with Gasteiger partial charge in [-0.25, -0.2) is 0 Å². The molecule has 0 saturated carbocycles. The Kier molecular flexibility index (Phi) is 3.59. The molecule has 2 aliphatic rings. The first-order valence-corrected chi connectivity index (χ1v) is 3.99. The Morgan fingerprint density at radius 3 is 2.27 bits per heavy atom. The maximum atomic E-state index is 5.13. The Morgan fingerprint density at radius 2 is 1.82 bits per heavy atom. The van der Waals surface area contributed by atoms with E-state index in [2.05, 4.69) is 10.2 Å². The summed E-state index contributed by atoms with van der Waals surface area (Å²) in [6.45, 7) is 6.62. The van der Waals surface area contributed by atoms with Gasteiger partial charge in [0.2, 0.25) is 0 Å². The van der Waals surface area contributed by atoms with E-state index in [4.69, 9.17) is 4.74 Å². The second-order valence-corrected chi connectivity index (χ2v) is 2.98. The van der Waals surface area contributed by atoms with Crippen LogP contribution in [0.2, 0.25) is 0 Å². The highest BCUT2D eigenvalue weighted by Gasteiger charge is 2.26. The summed E-state index contributed by atoms with van der Waals surface area (Å²) in [7, 11) is 0. The molecular weight excluding hydrogens is 164 g/mol. The van der Waals surface area contributed by atoms with Crippen molar-refractivity contribution in [1.29, 1.82) is 0 Å². The topological polar surface area (TPSA) is 24.5 Å². The zero-order chi connectivity index (χ0) is 6.81. The Labute approximate surface area is 73.5 Å². The van der Waals surface area contributed by atoms with Crippen molar-refractivity contribution in [1.82, 2.24) is 10.2 Å². The predicted molar refractivity (Wildman–Crippen MR) is 46.3 cm³/mol. The number of nitrogens with one attached hydrogen (secondary N) is 1. The SMILES string of the molecule is C1CN(C2COC2)CCN1.Cl. The van der Waals surface area contributed by atoms with Crippen molar-refractivity contribution in [2.45, 2.75) is 6.04 Å². The number of hydrogen-bond acceptors (Lipinski definition) is 3. The van der Waals surface area contributed by atoms with E-state index in [1.165, 1.54) is 13.1 Å². The maximum Gasteiger partial charge on any atom is 0.0645 e. The third-order valence-corrected chi connectivity index (χ3v) is 2.29. The minimum Gasteiger partial charge on any atom is -0.378 e. The molecule has 0 bridgehead atoms. The van der Waals surface area contributed by atoms with Gasteiger partial charge in [-0.2, -0.15) is 0 Å². The Balaban J connectivity index is 0.000000605. The molecule has 0 aromatic heterocycles. The summed E-state index contributed by atoms with van der Waals surface area (Å²) in [5.41, 5.74) is 0. The summed E-state index contributed by atoms with van der Waals surface area (Å²) in [5.74, 6) is 0. The van der Waals surface area contributed by atoms with Crippen LogP contribution in [0.3, 0.4) is 0 Å². The Morgan fingerprint density at radius 1 is 1.18 bits per heavy atom. The summed E-state index contributed by atoms with van der Waals surface area (Å²) < 4.78 is 5.13. The highest BCUT2D eigenvalue weighted by molar-refractivity contribution is 5.85. The molecule has 2 rings (SSSR count). The largest absolute Gasteiger partial charge is 0.378 e. The second-order valence-electron chi connectivity index (χ2n) is 2.98. The lowest BCUT2D eigenvalue weighted by atomic mass is 10.2. The maximum absolute atomic E-state index is 5.13. The molecule has 3 nitrogen and oxygen atoms in total. The molecule has 4 heteroatoms. The molecule has 0 spiro atoms. The van der Waals surface area contributed by atoms with Gasteiger partial charge in [0, 0.05) is 26.2 Å². The van der Waals surface area contributed by atoms with E-state index in [0.29, 0.717) is 0 Å². The van der Waals surface area contributed by atoms with Crippen LogP contribution < -0.4 is 5.32 Å². The molecule has 2 heterocycles. The fraction of sp³-hybridized carbons (Fsp3) is 1.00. The molecule has 2 fully saturated rings. The van der Waals surface area contributed by atoms with E-state index in [1.54, 1.807) is 0 Å². The average Bonchev–Trinajstić information content (AvgIpc) is 1.86. The van der Waals surface area contributed by atoms with E-state index in [1.807, 2.05) is 0 Å². The number of hydrogen-bond donors (Lipinski definition) is 1. The van der Waals surface area contributed by atoms with E-state index in [9.17, 15) is 0 Å². The van der Waals surface area contributed by atoms with E-state index >= 15 is 0 Å². The van der Waals surface area contributed by atoms with Gasteiger partial charge in [0.15, 0.2) is 0 Å². The summed E-state index contributed by atoms with van der Waals surface area (Å²) in [6, 6.07) is 0.738. The third kappa shape index (κ3) is 2.06. The van der Waals surface area contributed by atoms with Crippen LogP contribution in [0.5, 0.6) is 0 Å². The Hall–Kier alpha value is 0.170. The van der Waals surface area contributed by atoms with Gasteiger partial charge in [-0.3, -0.25) is 4.90 Å². The normalized spacial score (nSPS) is 27.3. The molecule has 0 atom stereocenters. The second kappa shape index (κ2) is 4.26. The van der Waals surface area contributed by atoms with Gasteiger partial charge in [-0.15, -0.1) is 12.4 Å². The van der Waals surface area contributed by atoms with Crippen molar-refractivity contribution in [2.24, 2.45) is 0 Å². The van der Waals surface area contributed by atoms with Crippen LogP contribution in [0.15, 0.2) is 0 Å². The molecule has 0 amide bonds. The van der Waals surface area contributed by atoms with E-state index in [-0.39, 0.29) is 12.4 Å². The van der Waals surface area contributed by atoms with Crippen molar-refractivity contribution in [2.75, 3.05) is 39.4 Å². The lowest BCUT2D eigenvalue weighted by Crippen LogP contribution is -2.55. The fourth-order valence-electron chi connectivity index (χ4n) is 1.48. The molecule has 2 saturated heterocycles. The number of halogens is 1. The van der Waals surface area contributed by atoms with Crippen LogP contribution >= 0.6 is 12.4 Å². The first-order valence-electron chi connectivity index (χ1n) is 3.99. The van der Waals surface area contributed by atoms with Crippen LogP contribution in [-0.2, 0) is 4.74 Å². The predicted octanol–water partition coefficient (Wildman–Crippen LogP) is -0.288. The third-order valence-electron chi connectivity index (χ3n) is 2.29. The minimum atomic E-state index is 0. The number of nitrogens with zero attached hydrogens (tertiary/aromatic N) is 1. The van der Waals surface area contributed by atoms with Crippen LogP contribution in [0.4, 0.5) is 0 Å².